The van der Waals surface area contributed by atoms with Crippen LogP contribution in [0.5, 0.6) is 0 Å². The summed E-state index contributed by atoms with van der Waals surface area (Å²) in [7, 11) is 0. The van der Waals surface area contributed by atoms with E-state index in [0.29, 0.717) is 20.6 Å². The Morgan fingerprint density at radius 2 is 1.41 bits per heavy atom. The topological polar surface area (TPSA) is 20.2 Å². The number of hydrogen-bond donors (Lipinski definition) is 1. The summed E-state index contributed by atoms with van der Waals surface area (Å²) in [5, 5.41) is 11.8. The molecule has 1 nitrogen and oxygen atoms in total. The molecule has 0 saturated heterocycles. The summed E-state index contributed by atoms with van der Waals surface area (Å²) < 4.78 is 0. The van der Waals surface area contributed by atoms with Gasteiger partial charge in [0.25, 0.3) is 0 Å². The number of aliphatic hydroxyl groups excluding tert-OH is 1. The lowest BCUT2D eigenvalue weighted by Gasteiger charge is -2.13. The second-order valence-electron chi connectivity index (χ2n) is 3.62. The van der Waals surface area contributed by atoms with Gasteiger partial charge >= 0.3 is 0 Å². The van der Waals surface area contributed by atoms with E-state index in [1.807, 2.05) is 0 Å². The normalized spacial score (nSPS) is 12.5. The maximum absolute atomic E-state index is 10.2. The fourth-order valence-electron chi connectivity index (χ4n) is 1.55. The molecule has 17 heavy (non-hydrogen) atoms. The highest BCUT2D eigenvalue weighted by atomic mass is 35.5. The molecule has 0 aliphatic rings. The average Bonchev–Trinajstić information content (AvgIpc) is 2.29. The van der Waals surface area contributed by atoms with Crippen LogP contribution in [0.15, 0.2) is 42.5 Å². The first-order chi connectivity index (χ1) is 8.08. The molecule has 0 aromatic heterocycles. The Bertz CT molecular complexity index is 523. The number of aliphatic hydroxyl groups is 1. The molecule has 0 saturated carbocycles. The Hall–Kier alpha value is -0.730. The highest BCUT2D eigenvalue weighted by Gasteiger charge is 2.13. The first kappa shape index (κ1) is 12.7. The third-order valence-corrected chi connectivity index (χ3v) is 3.26. The Morgan fingerprint density at radius 1 is 0.824 bits per heavy atom. The predicted octanol–water partition coefficient (Wildman–Crippen LogP) is 4.73. The van der Waals surface area contributed by atoms with Gasteiger partial charge in [-0.1, -0.05) is 53.0 Å². The van der Waals surface area contributed by atoms with Crippen LogP contribution in [0.25, 0.3) is 0 Å². The molecular formula is C13H9Cl3O. The lowest BCUT2D eigenvalue weighted by atomic mass is 10.0. The van der Waals surface area contributed by atoms with E-state index in [9.17, 15) is 5.11 Å². The third kappa shape index (κ3) is 2.93. The van der Waals surface area contributed by atoms with Crippen LogP contribution < -0.4 is 0 Å². The fraction of sp³-hybridized carbons (Fsp3) is 0.0769. The maximum Gasteiger partial charge on any atom is 0.105 e. The molecule has 1 N–H and O–H groups in total. The van der Waals surface area contributed by atoms with E-state index in [1.54, 1.807) is 42.5 Å². The monoisotopic (exact) mass is 286 g/mol. The van der Waals surface area contributed by atoms with Crippen molar-refractivity contribution in [3.8, 4) is 0 Å². The molecule has 2 aromatic rings. The summed E-state index contributed by atoms with van der Waals surface area (Å²) in [4.78, 5) is 0. The van der Waals surface area contributed by atoms with E-state index >= 15 is 0 Å². The van der Waals surface area contributed by atoms with Gasteiger partial charge in [-0.2, -0.15) is 0 Å². The van der Waals surface area contributed by atoms with Crippen LogP contribution in [-0.2, 0) is 0 Å². The van der Waals surface area contributed by atoms with Crippen molar-refractivity contribution in [3.05, 3.63) is 68.7 Å². The van der Waals surface area contributed by atoms with Crippen LogP contribution in [0.3, 0.4) is 0 Å². The number of halogens is 3. The van der Waals surface area contributed by atoms with Crippen LogP contribution >= 0.6 is 34.8 Å². The zero-order valence-electron chi connectivity index (χ0n) is 8.70. The summed E-state index contributed by atoms with van der Waals surface area (Å²) in [5.74, 6) is 0. The van der Waals surface area contributed by atoms with Crippen molar-refractivity contribution in [2.75, 3.05) is 0 Å². The van der Waals surface area contributed by atoms with Crippen molar-refractivity contribution < 1.29 is 5.11 Å². The van der Waals surface area contributed by atoms with Crippen LogP contribution in [0.1, 0.15) is 17.2 Å². The zero-order valence-corrected chi connectivity index (χ0v) is 11.0. The lowest BCUT2D eigenvalue weighted by molar-refractivity contribution is 0.220. The molecule has 0 spiro atoms. The Labute approximate surface area is 115 Å². The minimum atomic E-state index is -0.781. The smallest absolute Gasteiger partial charge is 0.105 e. The molecule has 1 atom stereocenters. The van der Waals surface area contributed by atoms with Crippen LogP contribution in [0.4, 0.5) is 0 Å². The SMILES string of the molecule is OC(c1ccc(Cl)cc1)c1ccc(Cl)cc1Cl. The van der Waals surface area contributed by atoms with E-state index in [1.165, 1.54) is 0 Å². The van der Waals surface area contributed by atoms with Crippen molar-refractivity contribution in [2.24, 2.45) is 0 Å². The fourth-order valence-corrected chi connectivity index (χ4v) is 2.19. The minimum Gasteiger partial charge on any atom is -0.384 e. The van der Waals surface area contributed by atoms with Crippen molar-refractivity contribution in [3.63, 3.8) is 0 Å². The number of hydrogen-bond acceptors (Lipinski definition) is 1. The van der Waals surface area contributed by atoms with E-state index in [2.05, 4.69) is 0 Å². The number of rotatable bonds is 2. The van der Waals surface area contributed by atoms with Gasteiger partial charge in [-0.3, -0.25) is 0 Å². The zero-order chi connectivity index (χ0) is 12.4. The van der Waals surface area contributed by atoms with Gasteiger partial charge in [-0.15, -0.1) is 0 Å². The molecule has 0 amide bonds. The number of benzene rings is 2. The lowest BCUT2D eigenvalue weighted by Crippen LogP contribution is -2.00. The Balaban J connectivity index is 2.36. The van der Waals surface area contributed by atoms with Crippen LogP contribution in [0, 0.1) is 0 Å². The van der Waals surface area contributed by atoms with Crippen molar-refractivity contribution in [1.82, 2.24) is 0 Å². The van der Waals surface area contributed by atoms with Gasteiger partial charge in [0.15, 0.2) is 0 Å². The van der Waals surface area contributed by atoms with E-state index in [4.69, 9.17) is 34.8 Å². The molecule has 0 radical (unpaired) electrons. The van der Waals surface area contributed by atoms with Gasteiger partial charge in [0, 0.05) is 20.6 Å². The van der Waals surface area contributed by atoms with Crippen molar-refractivity contribution in [1.29, 1.82) is 0 Å². The van der Waals surface area contributed by atoms with Crippen LogP contribution in [-0.4, -0.2) is 5.11 Å². The van der Waals surface area contributed by atoms with Crippen LogP contribution in [0.2, 0.25) is 15.1 Å². The third-order valence-electron chi connectivity index (χ3n) is 2.44. The molecule has 2 aromatic carbocycles. The molecule has 0 bridgehead atoms. The first-order valence-electron chi connectivity index (χ1n) is 4.96. The summed E-state index contributed by atoms with van der Waals surface area (Å²) in [6.07, 6.45) is -0.781. The second kappa shape index (κ2) is 5.28. The highest BCUT2D eigenvalue weighted by molar-refractivity contribution is 6.35. The van der Waals surface area contributed by atoms with E-state index in [-0.39, 0.29) is 0 Å². The Kier molecular flexibility index (Phi) is 3.95. The largest absolute Gasteiger partial charge is 0.384 e. The molecule has 4 heteroatoms. The van der Waals surface area contributed by atoms with Gasteiger partial charge in [0.2, 0.25) is 0 Å². The summed E-state index contributed by atoms with van der Waals surface area (Å²) in [6.45, 7) is 0. The molecule has 0 fully saturated rings. The van der Waals surface area contributed by atoms with Gasteiger partial charge in [-0.05, 0) is 29.8 Å². The molecule has 1 unspecified atom stereocenters. The first-order valence-corrected chi connectivity index (χ1v) is 6.10. The molecule has 0 heterocycles. The standard InChI is InChI=1S/C13H9Cl3O/c14-9-3-1-8(2-4-9)13(17)11-6-5-10(15)7-12(11)16/h1-7,13,17H. The van der Waals surface area contributed by atoms with Gasteiger partial charge in [0.05, 0.1) is 0 Å². The summed E-state index contributed by atoms with van der Waals surface area (Å²) in [5.41, 5.74) is 1.36. The van der Waals surface area contributed by atoms with Gasteiger partial charge in [-0.25, -0.2) is 0 Å². The average molecular weight is 288 g/mol. The van der Waals surface area contributed by atoms with Gasteiger partial charge in [0.1, 0.15) is 6.10 Å². The quantitative estimate of drug-likeness (QED) is 0.846. The molecule has 0 aliphatic heterocycles. The maximum atomic E-state index is 10.2. The second-order valence-corrected chi connectivity index (χ2v) is 4.90. The Morgan fingerprint density at radius 3 is 2.00 bits per heavy atom. The highest BCUT2D eigenvalue weighted by Crippen LogP contribution is 2.30. The molecule has 0 aliphatic carbocycles. The summed E-state index contributed by atoms with van der Waals surface area (Å²) in [6, 6.07) is 12.0. The van der Waals surface area contributed by atoms with E-state index in [0.717, 1.165) is 5.56 Å². The van der Waals surface area contributed by atoms with Crippen molar-refractivity contribution in [2.45, 2.75) is 6.10 Å². The van der Waals surface area contributed by atoms with E-state index < -0.39 is 6.10 Å². The van der Waals surface area contributed by atoms with Gasteiger partial charge < -0.3 is 5.11 Å². The minimum absolute atomic E-state index is 0.444. The van der Waals surface area contributed by atoms with Crippen molar-refractivity contribution >= 4 is 34.8 Å². The summed E-state index contributed by atoms with van der Waals surface area (Å²) >= 11 is 17.6. The molecular weight excluding hydrogens is 279 g/mol. The molecule has 2 rings (SSSR count). The predicted molar refractivity (Wildman–Crippen MR) is 72.0 cm³/mol. The molecule has 88 valence electrons.